The van der Waals surface area contributed by atoms with Gasteiger partial charge in [0.15, 0.2) is 16.1 Å². The zero-order chi connectivity index (χ0) is 21.3. The fourth-order valence-corrected chi connectivity index (χ4v) is 4.76. The van der Waals surface area contributed by atoms with Gasteiger partial charge in [-0.05, 0) is 25.0 Å². The molecule has 4 rings (SSSR count). The third-order valence-corrected chi connectivity index (χ3v) is 6.48. The maximum Gasteiger partial charge on any atom is 0.409 e. The Labute approximate surface area is 184 Å². The highest BCUT2D eigenvalue weighted by Gasteiger charge is 2.35. The van der Waals surface area contributed by atoms with Crippen molar-refractivity contribution in [1.29, 1.82) is 0 Å². The van der Waals surface area contributed by atoms with E-state index in [1.807, 2.05) is 6.92 Å². The number of aryl methyl sites for hydroxylation is 1. The second-order valence-corrected chi connectivity index (χ2v) is 9.04. The number of halogens is 2. The van der Waals surface area contributed by atoms with Gasteiger partial charge in [-0.2, -0.15) is 0 Å². The molecule has 0 radical (unpaired) electrons. The summed E-state index contributed by atoms with van der Waals surface area (Å²) in [5.41, 5.74) is 0.943. The van der Waals surface area contributed by atoms with Gasteiger partial charge in [-0.15, -0.1) is 0 Å². The summed E-state index contributed by atoms with van der Waals surface area (Å²) in [4.78, 5) is 29.9. The van der Waals surface area contributed by atoms with Crippen molar-refractivity contribution in [3.8, 4) is 0 Å². The molecule has 10 heteroatoms. The number of ether oxygens (including phenoxy) is 1. The lowest BCUT2D eigenvalue weighted by molar-refractivity contribution is 0.0930. The molecule has 1 unspecified atom stereocenters. The van der Waals surface area contributed by atoms with Crippen molar-refractivity contribution in [3.63, 3.8) is 0 Å². The maximum atomic E-state index is 14.8. The number of fused-ring (bicyclic) bond motifs is 2. The molecule has 1 saturated heterocycles. The number of unbranched alkanes of at least 4 members (excludes halogenated alkanes) is 1. The number of aromatic nitrogens is 3. The van der Waals surface area contributed by atoms with Crippen LogP contribution in [-0.4, -0.2) is 64.0 Å². The molecule has 0 aromatic carbocycles. The van der Waals surface area contributed by atoms with E-state index in [9.17, 15) is 9.18 Å². The number of carbonyl (C=O) groups excluding carboxylic acids is 1. The minimum Gasteiger partial charge on any atom is -0.449 e. The van der Waals surface area contributed by atoms with Gasteiger partial charge in [0.1, 0.15) is 11.3 Å². The summed E-state index contributed by atoms with van der Waals surface area (Å²) in [5, 5.41) is 1.00. The van der Waals surface area contributed by atoms with Crippen LogP contribution in [0.15, 0.2) is 5.16 Å². The summed E-state index contributed by atoms with van der Waals surface area (Å²) in [6.45, 7) is 6.17. The van der Waals surface area contributed by atoms with Crippen LogP contribution >= 0.6 is 23.4 Å². The number of rotatable bonds is 5. The van der Waals surface area contributed by atoms with Crippen LogP contribution in [0.1, 0.15) is 38.8 Å². The fraction of sp³-hybridized carbons (Fsp3) is 0.600. The smallest absolute Gasteiger partial charge is 0.409 e. The van der Waals surface area contributed by atoms with Crippen molar-refractivity contribution in [2.24, 2.45) is 0 Å². The molecule has 7 nitrogen and oxygen atoms in total. The molecule has 1 atom stereocenters. The zero-order valence-electron chi connectivity index (χ0n) is 17.2. The molecular formula is C20H25ClFN5O2S. The molecule has 1 amide bonds. The number of hydrogen-bond acceptors (Lipinski definition) is 7. The number of amides is 1. The van der Waals surface area contributed by atoms with E-state index in [1.165, 1.54) is 11.8 Å². The summed E-state index contributed by atoms with van der Waals surface area (Å²) in [5.74, 6) is 0.864. The average Bonchev–Trinajstić information content (AvgIpc) is 2.89. The lowest BCUT2D eigenvalue weighted by Crippen LogP contribution is -2.55. The Kier molecular flexibility index (Phi) is 6.48. The van der Waals surface area contributed by atoms with E-state index in [0.717, 1.165) is 25.0 Å². The molecule has 2 aromatic rings. The van der Waals surface area contributed by atoms with Crippen LogP contribution in [0.5, 0.6) is 0 Å². The largest absolute Gasteiger partial charge is 0.449 e. The van der Waals surface area contributed by atoms with Crippen molar-refractivity contribution >= 4 is 46.2 Å². The first-order chi connectivity index (χ1) is 14.5. The summed E-state index contributed by atoms with van der Waals surface area (Å²) in [6.07, 6.45) is 2.95. The number of piperazine rings is 1. The Hall–Kier alpha value is -1.87. The van der Waals surface area contributed by atoms with Crippen LogP contribution < -0.4 is 4.90 Å². The third kappa shape index (κ3) is 4.01. The number of carbonyl (C=O) groups is 1. The molecule has 2 aromatic heterocycles. The molecule has 4 heterocycles. The molecule has 0 N–H and O–H groups in total. The number of nitrogens with zero attached hydrogens (tertiary/aromatic N) is 5. The van der Waals surface area contributed by atoms with E-state index < -0.39 is 5.82 Å². The number of pyridine rings is 1. The minimum absolute atomic E-state index is 0.0473. The standard InChI is InChI=1S/C20H25ClFN5O2S/c1-3-5-10-29-20(28)26-8-9-27-12(11-26)6-7-13-14-16(15(22)17(21)23-13)24-19(30-4-2)25-18(14)27/h12H,3-11H2,1-2H3. The molecule has 30 heavy (non-hydrogen) atoms. The van der Waals surface area contributed by atoms with Gasteiger partial charge < -0.3 is 14.5 Å². The molecule has 0 aliphatic carbocycles. The van der Waals surface area contributed by atoms with E-state index in [0.29, 0.717) is 54.7 Å². The van der Waals surface area contributed by atoms with Gasteiger partial charge in [0.05, 0.1) is 17.7 Å². The maximum absolute atomic E-state index is 14.8. The lowest BCUT2D eigenvalue weighted by atomic mass is 10.1. The highest BCUT2D eigenvalue weighted by molar-refractivity contribution is 7.99. The van der Waals surface area contributed by atoms with E-state index in [1.54, 1.807) is 4.90 Å². The fourth-order valence-electron chi connectivity index (χ4n) is 4.00. The third-order valence-electron chi connectivity index (χ3n) is 5.50. The topological polar surface area (TPSA) is 71.5 Å². The lowest BCUT2D eigenvalue weighted by Gasteiger charge is -2.41. The van der Waals surface area contributed by atoms with Gasteiger partial charge in [0, 0.05) is 25.7 Å². The Morgan fingerprint density at radius 2 is 2.13 bits per heavy atom. The van der Waals surface area contributed by atoms with Crippen LogP contribution in [0, 0.1) is 5.82 Å². The number of anilines is 1. The van der Waals surface area contributed by atoms with Crippen LogP contribution in [0.4, 0.5) is 15.0 Å². The van der Waals surface area contributed by atoms with Crippen LogP contribution in [-0.2, 0) is 11.2 Å². The normalized spacial score (nSPS) is 18.3. The van der Waals surface area contributed by atoms with Crippen molar-refractivity contribution < 1.29 is 13.9 Å². The van der Waals surface area contributed by atoms with Crippen molar-refractivity contribution in [2.75, 3.05) is 36.9 Å². The second-order valence-electron chi connectivity index (χ2n) is 7.45. The molecule has 0 spiro atoms. The van der Waals surface area contributed by atoms with Gasteiger partial charge >= 0.3 is 6.09 Å². The molecule has 162 valence electrons. The van der Waals surface area contributed by atoms with Gasteiger partial charge in [-0.25, -0.2) is 24.1 Å². The Morgan fingerprint density at radius 1 is 1.30 bits per heavy atom. The molecule has 0 bridgehead atoms. The van der Waals surface area contributed by atoms with Crippen molar-refractivity contribution in [1.82, 2.24) is 19.9 Å². The highest BCUT2D eigenvalue weighted by Crippen LogP contribution is 2.38. The van der Waals surface area contributed by atoms with E-state index in [-0.39, 0.29) is 22.8 Å². The van der Waals surface area contributed by atoms with Gasteiger partial charge in [-0.3, -0.25) is 0 Å². The van der Waals surface area contributed by atoms with Crippen LogP contribution in [0.3, 0.4) is 0 Å². The van der Waals surface area contributed by atoms with Crippen molar-refractivity contribution in [3.05, 3.63) is 16.7 Å². The molecule has 2 aliphatic rings. The van der Waals surface area contributed by atoms with Crippen LogP contribution in [0.2, 0.25) is 5.15 Å². The Bertz CT molecular complexity index is 963. The monoisotopic (exact) mass is 453 g/mol. The molecule has 2 aliphatic heterocycles. The van der Waals surface area contributed by atoms with Gasteiger partial charge in [0.2, 0.25) is 0 Å². The van der Waals surface area contributed by atoms with Crippen molar-refractivity contribution in [2.45, 2.75) is 50.7 Å². The predicted octanol–water partition coefficient (Wildman–Crippen LogP) is 4.30. The first-order valence-corrected chi connectivity index (χ1v) is 11.8. The molecule has 1 fully saturated rings. The number of thioether (sulfide) groups is 1. The SMILES string of the molecule is CCCCOC(=O)N1CCN2c3nc(SCC)nc4c(F)c(Cl)nc(c34)CCC2C1. The minimum atomic E-state index is -0.603. The first kappa shape index (κ1) is 21.4. The summed E-state index contributed by atoms with van der Waals surface area (Å²) in [7, 11) is 0. The highest BCUT2D eigenvalue weighted by atomic mass is 35.5. The average molecular weight is 454 g/mol. The molecule has 0 saturated carbocycles. The van der Waals surface area contributed by atoms with Gasteiger partial charge in [-0.1, -0.05) is 43.6 Å². The summed E-state index contributed by atoms with van der Waals surface area (Å²) >= 11 is 7.54. The molecular weight excluding hydrogens is 429 g/mol. The Morgan fingerprint density at radius 3 is 2.90 bits per heavy atom. The second kappa shape index (κ2) is 9.09. The predicted molar refractivity (Wildman–Crippen MR) is 116 cm³/mol. The summed E-state index contributed by atoms with van der Waals surface area (Å²) < 4.78 is 20.2. The summed E-state index contributed by atoms with van der Waals surface area (Å²) in [6, 6.07) is 0.0473. The number of hydrogen-bond donors (Lipinski definition) is 0. The Balaban J connectivity index is 1.68. The van der Waals surface area contributed by atoms with E-state index in [4.69, 9.17) is 21.3 Å². The van der Waals surface area contributed by atoms with E-state index in [2.05, 4.69) is 21.8 Å². The van der Waals surface area contributed by atoms with Gasteiger partial charge in [0.25, 0.3) is 0 Å². The zero-order valence-corrected chi connectivity index (χ0v) is 18.7. The van der Waals surface area contributed by atoms with Crippen LogP contribution in [0.25, 0.3) is 10.9 Å². The quantitative estimate of drug-likeness (QED) is 0.289. The van der Waals surface area contributed by atoms with E-state index >= 15 is 0 Å². The first-order valence-electron chi connectivity index (χ1n) is 10.4.